The topological polar surface area (TPSA) is 148 Å². The molecule has 3 aliphatic heterocycles. The number of hydrogen-bond acceptors (Lipinski definition) is 11. The summed E-state index contributed by atoms with van der Waals surface area (Å²) in [5.41, 5.74) is 1.59. The maximum atomic E-state index is 13.8. The van der Waals surface area contributed by atoms with Crippen molar-refractivity contribution in [1.29, 1.82) is 0 Å². The molecule has 7 rings (SSSR count). The number of benzene rings is 3. The second kappa shape index (κ2) is 12.7. The molecule has 2 N–H and O–H groups in total. The van der Waals surface area contributed by atoms with Gasteiger partial charge < -0.3 is 39.1 Å². The SMILES string of the molecule is CCC(Sc1nc2cc3c(cc2c(=O)n1CCCC(=O)NCc1ccc2c(c1)OCO2)OCO3)C(=O)Nc1ccc2c(c1)OCO2. The minimum Gasteiger partial charge on any atom is -0.454 e. The molecule has 0 saturated heterocycles. The van der Waals surface area contributed by atoms with E-state index in [2.05, 4.69) is 10.6 Å². The quantitative estimate of drug-likeness (QED) is 0.179. The van der Waals surface area contributed by atoms with Crippen molar-refractivity contribution in [3.63, 3.8) is 0 Å². The number of amides is 2. The molecular weight excluding hydrogens is 616 g/mol. The number of thioether (sulfide) groups is 1. The number of nitrogens with one attached hydrogen (secondary N) is 2. The molecule has 3 aromatic carbocycles. The van der Waals surface area contributed by atoms with E-state index in [0.717, 1.165) is 5.56 Å². The van der Waals surface area contributed by atoms with E-state index in [9.17, 15) is 14.4 Å². The van der Waals surface area contributed by atoms with Crippen LogP contribution in [0.3, 0.4) is 0 Å². The molecule has 1 atom stereocenters. The first-order chi connectivity index (χ1) is 22.4. The maximum Gasteiger partial charge on any atom is 0.262 e. The summed E-state index contributed by atoms with van der Waals surface area (Å²) in [6.45, 7) is 2.81. The zero-order valence-electron chi connectivity index (χ0n) is 24.8. The maximum absolute atomic E-state index is 13.8. The van der Waals surface area contributed by atoms with E-state index in [0.29, 0.717) is 75.6 Å². The van der Waals surface area contributed by atoms with E-state index in [1.54, 1.807) is 30.3 Å². The Morgan fingerprint density at radius 3 is 2.26 bits per heavy atom. The molecule has 0 bridgehead atoms. The van der Waals surface area contributed by atoms with Gasteiger partial charge in [0.2, 0.25) is 32.2 Å². The lowest BCUT2D eigenvalue weighted by atomic mass is 10.2. The van der Waals surface area contributed by atoms with Gasteiger partial charge in [0.1, 0.15) is 0 Å². The Kier molecular flexibility index (Phi) is 8.18. The van der Waals surface area contributed by atoms with Crippen LogP contribution in [0.2, 0.25) is 0 Å². The molecule has 13 nitrogen and oxygen atoms in total. The van der Waals surface area contributed by atoms with Crippen LogP contribution in [0.1, 0.15) is 31.7 Å². The molecule has 0 aliphatic carbocycles. The van der Waals surface area contributed by atoms with E-state index >= 15 is 0 Å². The van der Waals surface area contributed by atoms with Crippen molar-refractivity contribution in [1.82, 2.24) is 14.9 Å². The largest absolute Gasteiger partial charge is 0.454 e. The summed E-state index contributed by atoms with van der Waals surface area (Å²) in [6, 6.07) is 14.0. The summed E-state index contributed by atoms with van der Waals surface area (Å²) in [5, 5.41) is 6.00. The molecule has 1 unspecified atom stereocenters. The minimum atomic E-state index is -0.569. The van der Waals surface area contributed by atoms with Gasteiger partial charge in [0, 0.05) is 37.3 Å². The van der Waals surface area contributed by atoms with E-state index in [4.69, 9.17) is 33.4 Å². The van der Waals surface area contributed by atoms with Gasteiger partial charge in [-0.2, -0.15) is 0 Å². The molecule has 238 valence electrons. The fourth-order valence-electron chi connectivity index (χ4n) is 5.26. The van der Waals surface area contributed by atoms with Crippen LogP contribution in [0.25, 0.3) is 10.9 Å². The Balaban J connectivity index is 1.07. The highest BCUT2D eigenvalue weighted by atomic mass is 32.2. The van der Waals surface area contributed by atoms with Crippen LogP contribution in [-0.2, 0) is 22.7 Å². The van der Waals surface area contributed by atoms with Gasteiger partial charge in [-0.25, -0.2) is 4.98 Å². The van der Waals surface area contributed by atoms with Gasteiger partial charge in [0.15, 0.2) is 39.7 Å². The van der Waals surface area contributed by atoms with Crippen LogP contribution in [0.5, 0.6) is 34.5 Å². The van der Waals surface area contributed by atoms with Crippen molar-refractivity contribution in [2.45, 2.75) is 49.7 Å². The summed E-state index contributed by atoms with van der Waals surface area (Å²) < 4.78 is 34.1. The Morgan fingerprint density at radius 2 is 1.52 bits per heavy atom. The van der Waals surface area contributed by atoms with Crippen molar-refractivity contribution >= 4 is 40.2 Å². The molecule has 3 aliphatic rings. The third-order valence-corrected chi connectivity index (χ3v) is 9.03. The first-order valence-corrected chi connectivity index (χ1v) is 15.7. The number of carbonyl (C=O) groups excluding carboxylic acids is 2. The lowest BCUT2D eigenvalue weighted by molar-refractivity contribution is -0.121. The lowest BCUT2D eigenvalue weighted by Crippen LogP contribution is -2.29. The average Bonchev–Trinajstić information content (AvgIpc) is 3.83. The van der Waals surface area contributed by atoms with E-state index in [1.807, 2.05) is 25.1 Å². The third-order valence-electron chi connectivity index (χ3n) is 7.68. The van der Waals surface area contributed by atoms with Gasteiger partial charge in [-0.05, 0) is 48.7 Å². The van der Waals surface area contributed by atoms with Gasteiger partial charge in [0.05, 0.1) is 16.2 Å². The van der Waals surface area contributed by atoms with Gasteiger partial charge in [-0.15, -0.1) is 0 Å². The standard InChI is InChI=1S/C32H30N4O9S/c1-2-28(30(38)34-19-6-8-23-25(11-19)43-16-41-23)46-32-35-21-13-27-26(44-17-45-27)12-20(21)31(39)36(32)9-3-4-29(37)33-14-18-5-7-22-24(10-18)42-15-40-22/h5-8,10-13,28H,2-4,9,14-17H2,1H3,(H,33,37)(H,34,38). The zero-order valence-corrected chi connectivity index (χ0v) is 25.6. The smallest absolute Gasteiger partial charge is 0.262 e. The first-order valence-electron chi connectivity index (χ1n) is 14.8. The number of hydrogen-bond donors (Lipinski definition) is 2. The summed E-state index contributed by atoms with van der Waals surface area (Å²) in [4.78, 5) is 44.7. The highest BCUT2D eigenvalue weighted by Crippen LogP contribution is 2.37. The Bertz CT molecular complexity index is 1900. The Labute approximate surface area is 267 Å². The van der Waals surface area contributed by atoms with Crippen LogP contribution >= 0.6 is 11.8 Å². The minimum absolute atomic E-state index is 0.0563. The molecule has 0 radical (unpaired) electrons. The number of carbonyl (C=O) groups is 2. The number of ether oxygens (including phenoxy) is 6. The molecule has 14 heteroatoms. The Hall–Kier alpha value is -5.11. The van der Waals surface area contributed by atoms with Crippen molar-refractivity contribution in [3.8, 4) is 34.5 Å². The average molecular weight is 647 g/mol. The first kappa shape index (κ1) is 29.6. The van der Waals surface area contributed by atoms with Crippen LogP contribution in [0.4, 0.5) is 5.69 Å². The van der Waals surface area contributed by atoms with E-state index in [1.165, 1.54) is 16.3 Å². The van der Waals surface area contributed by atoms with E-state index < -0.39 is 5.25 Å². The van der Waals surface area contributed by atoms with Gasteiger partial charge in [-0.1, -0.05) is 24.8 Å². The number of aromatic nitrogens is 2. The molecule has 0 saturated carbocycles. The lowest BCUT2D eigenvalue weighted by Gasteiger charge is -2.18. The molecule has 1 aromatic heterocycles. The van der Waals surface area contributed by atoms with Crippen molar-refractivity contribution < 1.29 is 38.0 Å². The number of nitrogens with zero attached hydrogens (tertiary/aromatic N) is 2. The number of fused-ring (bicyclic) bond motifs is 4. The second-order valence-electron chi connectivity index (χ2n) is 10.7. The van der Waals surface area contributed by atoms with E-state index in [-0.39, 0.29) is 50.7 Å². The molecule has 0 spiro atoms. The summed E-state index contributed by atoms with van der Waals surface area (Å²) >= 11 is 1.20. The fourth-order valence-corrected chi connectivity index (χ4v) is 6.30. The highest BCUT2D eigenvalue weighted by Gasteiger charge is 2.25. The monoisotopic (exact) mass is 646 g/mol. The summed E-state index contributed by atoms with van der Waals surface area (Å²) in [7, 11) is 0. The number of anilines is 1. The zero-order chi connectivity index (χ0) is 31.6. The van der Waals surface area contributed by atoms with Gasteiger partial charge >= 0.3 is 0 Å². The number of rotatable bonds is 11. The third kappa shape index (κ3) is 6.07. The summed E-state index contributed by atoms with van der Waals surface area (Å²) in [6.07, 6.45) is 1.03. The van der Waals surface area contributed by atoms with Crippen molar-refractivity contribution in [3.05, 3.63) is 64.4 Å². The summed E-state index contributed by atoms with van der Waals surface area (Å²) in [5.74, 6) is 3.06. The normalized spacial score (nSPS) is 14.4. The highest BCUT2D eigenvalue weighted by molar-refractivity contribution is 8.00. The van der Waals surface area contributed by atoms with Crippen LogP contribution < -0.4 is 44.6 Å². The van der Waals surface area contributed by atoms with Gasteiger partial charge in [-0.3, -0.25) is 19.0 Å². The molecule has 4 heterocycles. The van der Waals surface area contributed by atoms with Crippen LogP contribution in [-0.4, -0.2) is 47.0 Å². The second-order valence-corrected chi connectivity index (χ2v) is 11.9. The predicted molar refractivity (Wildman–Crippen MR) is 167 cm³/mol. The molecule has 46 heavy (non-hydrogen) atoms. The van der Waals surface area contributed by atoms with Gasteiger partial charge in [0.25, 0.3) is 5.56 Å². The molecule has 4 aromatic rings. The molecular formula is C32H30N4O9S. The van der Waals surface area contributed by atoms with Crippen molar-refractivity contribution in [2.24, 2.45) is 0 Å². The van der Waals surface area contributed by atoms with Crippen LogP contribution in [0, 0.1) is 0 Å². The molecule has 2 amide bonds. The van der Waals surface area contributed by atoms with Crippen molar-refractivity contribution in [2.75, 3.05) is 25.7 Å². The molecule has 0 fully saturated rings. The Morgan fingerprint density at radius 1 is 0.870 bits per heavy atom. The predicted octanol–water partition coefficient (Wildman–Crippen LogP) is 4.19. The van der Waals surface area contributed by atoms with Crippen LogP contribution in [0.15, 0.2) is 58.5 Å². The fraction of sp³-hybridized carbons (Fsp3) is 0.312.